The molecule has 0 atom stereocenters. The summed E-state index contributed by atoms with van der Waals surface area (Å²) in [6.45, 7) is 3.21. The molecule has 17 heavy (non-hydrogen) atoms. The van der Waals surface area contributed by atoms with Crippen LogP contribution in [-0.2, 0) is 0 Å². The van der Waals surface area contributed by atoms with Gasteiger partial charge >= 0.3 is 0 Å². The molecule has 1 heterocycles. The minimum absolute atomic E-state index is 0.447. The van der Waals surface area contributed by atoms with E-state index in [0.717, 1.165) is 17.2 Å². The Hall–Kier alpha value is -2.05. The smallest absolute Gasteiger partial charge is 0.167 e. The van der Waals surface area contributed by atoms with Gasteiger partial charge in [-0.15, -0.1) is 0 Å². The molecule has 3 heteroatoms. The molecule has 86 valence electrons. The average molecular weight is 227 g/mol. The molecule has 1 aromatic heterocycles. The van der Waals surface area contributed by atoms with Crippen molar-refractivity contribution in [2.75, 3.05) is 0 Å². The number of aromatic nitrogens is 1. The topological polar surface area (TPSA) is 53.1 Å². The highest BCUT2D eigenvalue weighted by Crippen LogP contribution is 2.20. The Bertz CT molecular complexity index is 621. The molecule has 0 unspecified atom stereocenters. The first-order valence-electron chi connectivity index (χ1n) is 5.33. The average Bonchev–Trinajstić information content (AvgIpc) is 2.63. The van der Waals surface area contributed by atoms with Crippen molar-refractivity contribution < 1.29 is 9.90 Å². The number of rotatable bonds is 1. The molecule has 0 bridgehead atoms. The van der Waals surface area contributed by atoms with Crippen LogP contribution in [-0.4, -0.2) is 22.0 Å². The van der Waals surface area contributed by atoms with Crippen LogP contribution < -0.4 is 0 Å². The van der Waals surface area contributed by atoms with Crippen molar-refractivity contribution in [2.45, 2.75) is 19.4 Å². The Morgan fingerprint density at radius 2 is 2.06 bits per heavy atom. The number of aldehydes is 1. The summed E-state index contributed by atoms with van der Waals surface area (Å²) < 4.78 is 0. The summed E-state index contributed by atoms with van der Waals surface area (Å²) in [7, 11) is 0. The Morgan fingerprint density at radius 3 is 2.71 bits per heavy atom. The minimum atomic E-state index is -1.07. The van der Waals surface area contributed by atoms with Crippen LogP contribution in [0.5, 0.6) is 0 Å². The fourth-order valence-electron chi connectivity index (χ4n) is 1.60. The van der Waals surface area contributed by atoms with Crippen molar-refractivity contribution in [1.29, 1.82) is 0 Å². The fourth-order valence-corrected chi connectivity index (χ4v) is 1.60. The van der Waals surface area contributed by atoms with Crippen LogP contribution in [0, 0.1) is 11.8 Å². The largest absolute Gasteiger partial charge is 0.378 e. The number of hydrogen-bond donors (Lipinski definition) is 2. The number of H-pyrrole nitrogens is 1. The van der Waals surface area contributed by atoms with E-state index < -0.39 is 5.60 Å². The predicted molar refractivity (Wildman–Crippen MR) is 66.9 cm³/mol. The first-order chi connectivity index (χ1) is 8.01. The van der Waals surface area contributed by atoms with E-state index in [0.29, 0.717) is 11.3 Å². The molecule has 2 aromatic rings. The molecule has 0 aliphatic heterocycles. The highest BCUT2D eigenvalue weighted by atomic mass is 16.3. The van der Waals surface area contributed by atoms with E-state index in [4.69, 9.17) is 0 Å². The molecule has 0 radical (unpaired) electrons. The van der Waals surface area contributed by atoms with E-state index in [1.54, 1.807) is 13.8 Å². The first-order valence-corrected chi connectivity index (χ1v) is 5.33. The molecule has 1 aromatic carbocycles. The van der Waals surface area contributed by atoms with Crippen LogP contribution in [0.25, 0.3) is 10.9 Å². The van der Waals surface area contributed by atoms with Crippen LogP contribution in [0.15, 0.2) is 24.3 Å². The van der Waals surface area contributed by atoms with Crippen molar-refractivity contribution in [3.05, 3.63) is 35.5 Å². The molecule has 0 saturated carbocycles. The van der Waals surface area contributed by atoms with Crippen molar-refractivity contribution in [3.8, 4) is 11.8 Å². The van der Waals surface area contributed by atoms with Crippen LogP contribution in [0.4, 0.5) is 0 Å². The Kier molecular flexibility index (Phi) is 2.74. The summed E-state index contributed by atoms with van der Waals surface area (Å²) >= 11 is 0. The molecule has 0 aliphatic carbocycles. The predicted octanol–water partition coefficient (Wildman–Crippen LogP) is 2.10. The lowest BCUT2D eigenvalue weighted by Crippen LogP contribution is -2.14. The standard InChI is InChI=1S/C14H13NO2/c1-14(2,17)8-7-11-10-5-3-4-6-12(10)15-13(11)9-16/h3-6,9,15,17H,1-2H3. The summed E-state index contributed by atoms with van der Waals surface area (Å²) in [4.78, 5) is 14.0. The van der Waals surface area contributed by atoms with E-state index in [1.807, 2.05) is 24.3 Å². The maximum atomic E-state index is 11.0. The number of hydrogen-bond acceptors (Lipinski definition) is 2. The van der Waals surface area contributed by atoms with Gasteiger partial charge in [-0.3, -0.25) is 4.79 Å². The second-order valence-corrected chi connectivity index (χ2v) is 4.39. The van der Waals surface area contributed by atoms with E-state index >= 15 is 0 Å². The fraction of sp³-hybridized carbons (Fsp3) is 0.214. The normalized spacial score (nSPS) is 11.0. The lowest BCUT2D eigenvalue weighted by atomic mass is 10.1. The third-order valence-electron chi connectivity index (χ3n) is 2.35. The number of nitrogens with one attached hydrogen (secondary N) is 1. The van der Waals surface area contributed by atoms with Gasteiger partial charge in [0.1, 0.15) is 5.60 Å². The zero-order chi connectivity index (χ0) is 12.5. The van der Waals surface area contributed by atoms with E-state index in [-0.39, 0.29) is 0 Å². The van der Waals surface area contributed by atoms with Gasteiger partial charge in [0.2, 0.25) is 0 Å². The van der Waals surface area contributed by atoms with E-state index in [2.05, 4.69) is 16.8 Å². The molecule has 2 N–H and O–H groups in total. The monoisotopic (exact) mass is 227 g/mol. The Labute approximate surface area is 99.5 Å². The Morgan fingerprint density at radius 1 is 1.35 bits per heavy atom. The summed E-state index contributed by atoms with van der Waals surface area (Å²) in [5.41, 5.74) is 0.883. The number of aliphatic hydroxyl groups is 1. The lowest BCUT2D eigenvalue weighted by Gasteiger charge is -2.05. The van der Waals surface area contributed by atoms with Crippen molar-refractivity contribution in [1.82, 2.24) is 4.98 Å². The first kappa shape index (κ1) is 11.4. The van der Waals surface area contributed by atoms with Crippen molar-refractivity contribution in [2.24, 2.45) is 0 Å². The molecule has 0 spiro atoms. The number of carbonyl (C=O) groups excluding carboxylic acids is 1. The molecular weight excluding hydrogens is 214 g/mol. The van der Waals surface area contributed by atoms with Gasteiger partial charge in [0, 0.05) is 10.9 Å². The number of fused-ring (bicyclic) bond motifs is 1. The van der Waals surface area contributed by atoms with Crippen LogP contribution in [0.1, 0.15) is 29.9 Å². The van der Waals surface area contributed by atoms with Crippen LogP contribution >= 0.6 is 0 Å². The van der Waals surface area contributed by atoms with Gasteiger partial charge < -0.3 is 10.1 Å². The summed E-state index contributed by atoms with van der Waals surface area (Å²) in [5.74, 6) is 5.58. The maximum Gasteiger partial charge on any atom is 0.167 e. The zero-order valence-corrected chi connectivity index (χ0v) is 9.74. The molecule has 0 amide bonds. The molecule has 0 aliphatic rings. The third-order valence-corrected chi connectivity index (χ3v) is 2.35. The van der Waals surface area contributed by atoms with Gasteiger partial charge in [0.15, 0.2) is 6.29 Å². The van der Waals surface area contributed by atoms with Crippen LogP contribution in [0.2, 0.25) is 0 Å². The number of benzene rings is 1. The zero-order valence-electron chi connectivity index (χ0n) is 9.74. The van der Waals surface area contributed by atoms with Gasteiger partial charge in [0.25, 0.3) is 0 Å². The quantitative estimate of drug-likeness (QED) is 0.579. The van der Waals surface area contributed by atoms with Gasteiger partial charge in [0.05, 0.1) is 11.3 Å². The highest BCUT2D eigenvalue weighted by molar-refractivity contribution is 5.95. The maximum absolute atomic E-state index is 11.0. The number of carbonyl (C=O) groups is 1. The van der Waals surface area contributed by atoms with Crippen molar-refractivity contribution in [3.63, 3.8) is 0 Å². The van der Waals surface area contributed by atoms with Crippen LogP contribution in [0.3, 0.4) is 0 Å². The second-order valence-electron chi connectivity index (χ2n) is 4.39. The summed E-state index contributed by atoms with van der Waals surface area (Å²) in [5, 5.41) is 10.5. The SMILES string of the molecule is CC(C)(O)C#Cc1c(C=O)[nH]c2ccccc12. The van der Waals surface area contributed by atoms with Gasteiger partial charge in [-0.05, 0) is 19.9 Å². The van der Waals surface area contributed by atoms with E-state index in [1.165, 1.54) is 0 Å². The summed E-state index contributed by atoms with van der Waals surface area (Å²) in [6.07, 6.45) is 0.744. The molecule has 2 rings (SSSR count). The van der Waals surface area contributed by atoms with Gasteiger partial charge in [-0.1, -0.05) is 30.0 Å². The number of aromatic amines is 1. The third kappa shape index (κ3) is 2.38. The Balaban J connectivity index is 2.65. The molecule has 0 fully saturated rings. The number of para-hydroxylation sites is 1. The van der Waals surface area contributed by atoms with Gasteiger partial charge in [-0.2, -0.15) is 0 Å². The summed E-state index contributed by atoms with van der Waals surface area (Å²) in [6, 6.07) is 7.56. The lowest BCUT2D eigenvalue weighted by molar-refractivity contribution is 0.111. The minimum Gasteiger partial charge on any atom is -0.378 e. The van der Waals surface area contributed by atoms with E-state index in [9.17, 15) is 9.90 Å². The van der Waals surface area contributed by atoms with Gasteiger partial charge in [-0.25, -0.2) is 0 Å². The second kappa shape index (κ2) is 4.08. The molecule has 0 saturated heterocycles. The van der Waals surface area contributed by atoms with Crippen molar-refractivity contribution >= 4 is 17.2 Å². The molecule has 3 nitrogen and oxygen atoms in total. The highest BCUT2D eigenvalue weighted by Gasteiger charge is 2.10. The molecular formula is C14H13NO2.